The minimum absolute atomic E-state index is 0.271. The Morgan fingerprint density at radius 3 is 2.80 bits per heavy atom. The van der Waals surface area contributed by atoms with E-state index in [1.807, 2.05) is 24.3 Å². The van der Waals surface area contributed by atoms with Crippen molar-refractivity contribution in [1.29, 1.82) is 0 Å². The second-order valence-electron chi connectivity index (χ2n) is 6.70. The Kier molecular flexibility index (Phi) is 6.50. The third-order valence-corrected chi connectivity index (χ3v) is 4.48. The van der Waals surface area contributed by atoms with E-state index in [0.717, 1.165) is 36.3 Å². The quantitative estimate of drug-likeness (QED) is 0.601. The van der Waals surface area contributed by atoms with E-state index in [-0.39, 0.29) is 6.61 Å². The molecule has 3 rings (SSSR count). The molecule has 5 heteroatoms. The van der Waals surface area contributed by atoms with Gasteiger partial charge in [0.05, 0.1) is 18.9 Å². The van der Waals surface area contributed by atoms with Crippen molar-refractivity contribution in [3.63, 3.8) is 0 Å². The third kappa shape index (κ3) is 5.88. The lowest BCUT2D eigenvalue weighted by atomic mass is 9.96. The standard InChI is InChI=1S/C20H28N2O3/c1-24-19-10-6-15(7-11-19)12-16-4-2-3-5-20(16)22-25-14-18(23)13-21-17-8-9-17/h5-7,10-12,17-18,21-23H,2-4,8-9,13-14H2,1H3/t18-/m0/s1. The van der Waals surface area contributed by atoms with Crippen LogP contribution in [-0.4, -0.2) is 37.5 Å². The van der Waals surface area contributed by atoms with E-state index in [2.05, 4.69) is 22.9 Å². The summed E-state index contributed by atoms with van der Waals surface area (Å²) in [6.45, 7) is 0.854. The summed E-state index contributed by atoms with van der Waals surface area (Å²) in [6, 6.07) is 8.62. The largest absolute Gasteiger partial charge is 0.497 e. The summed E-state index contributed by atoms with van der Waals surface area (Å²) in [7, 11) is 1.67. The molecule has 0 bridgehead atoms. The molecule has 3 N–H and O–H groups in total. The van der Waals surface area contributed by atoms with E-state index in [1.165, 1.54) is 18.4 Å². The molecule has 2 aliphatic carbocycles. The van der Waals surface area contributed by atoms with Gasteiger partial charge in [0.1, 0.15) is 12.4 Å². The monoisotopic (exact) mass is 344 g/mol. The van der Waals surface area contributed by atoms with Crippen molar-refractivity contribution in [2.24, 2.45) is 0 Å². The predicted octanol–water partition coefficient (Wildman–Crippen LogP) is 2.78. The lowest BCUT2D eigenvalue weighted by Gasteiger charge is -2.20. The van der Waals surface area contributed by atoms with E-state index >= 15 is 0 Å². The number of hydroxylamine groups is 1. The molecule has 25 heavy (non-hydrogen) atoms. The second-order valence-corrected chi connectivity index (χ2v) is 6.70. The molecule has 1 fully saturated rings. The maximum Gasteiger partial charge on any atom is 0.118 e. The van der Waals surface area contributed by atoms with E-state index in [4.69, 9.17) is 9.57 Å². The highest BCUT2D eigenvalue weighted by atomic mass is 16.6. The Bertz CT molecular complexity index is 606. The fraction of sp³-hybridized carbons (Fsp3) is 0.500. The van der Waals surface area contributed by atoms with Crippen molar-refractivity contribution >= 4 is 6.08 Å². The van der Waals surface area contributed by atoms with Gasteiger partial charge in [-0.2, -0.15) is 0 Å². The molecule has 0 aromatic heterocycles. The van der Waals surface area contributed by atoms with Crippen molar-refractivity contribution < 1.29 is 14.7 Å². The summed E-state index contributed by atoms with van der Waals surface area (Å²) in [6.07, 6.45) is 9.47. The smallest absolute Gasteiger partial charge is 0.118 e. The van der Waals surface area contributed by atoms with Crippen molar-refractivity contribution in [2.75, 3.05) is 20.3 Å². The highest BCUT2D eigenvalue weighted by molar-refractivity contribution is 5.59. The molecule has 0 amide bonds. The third-order valence-electron chi connectivity index (χ3n) is 4.48. The van der Waals surface area contributed by atoms with Crippen LogP contribution in [0.4, 0.5) is 0 Å². The van der Waals surface area contributed by atoms with Gasteiger partial charge in [-0.3, -0.25) is 10.3 Å². The van der Waals surface area contributed by atoms with Crippen LogP contribution in [0.2, 0.25) is 0 Å². The Hall–Kier alpha value is -1.82. The molecule has 0 radical (unpaired) electrons. The number of allylic oxidation sites excluding steroid dienone is 2. The summed E-state index contributed by atoms with van der Waals surface area (Å²) in [5.41, 5.74) is 6.40. The number of hydrogen-bond acceptors (Lipinski definition) is 5. The van der Waals surface area contributed by atoms with Gasteiger partial charge in [-0.1, -0.05) is 18.2 Å². The number of hydrogen-bond donors (Lipinski definition) is 3. The molecule has 1 atom stereocenters. The van der Waals surface area contributed by atoms with Crippen LogP contribution in [0.25, 0.3) is 6.08 Å². The number of ether oxygens (including phenoxy) is 1. The molecule has 1 aromatic rings. The van der Waals surface area contributed by atoms with Gasteiger partial charge in [-0.05, 0) is 61.4 Å². The van der Waals surface area contributed by atoms with Crippen molar-refractivity contribution in [3.05, 3.63) is 47.2 Å². The Morgan fingerprint density at radius 2 is 2.08 bits per heavy atom. The molecule has 5 nitrogen and oxygen atoms in total. The number of nitrogens with one attached hydrogen (secondary N) is 2. The molecule has 0 heterocycles. The average Bonchev–Trinajstić information content (AvgIpc) is 3.46. The van der Waals surface area contributed by atoms with Gasteiger partial charge in [0.25, 0.3) is 0 Å². The first-order valence-corrected chi connectivity index (χ1v) is 9.09. The van der Waals surface area contributed by atoms with Gasteiger partial charge in [-0.15, -0.1) is 0 Å². The summed E-state index contributed by atoms with van der Waals surface area (Å²) < 4.78 is 5.20. The molecule has 0 saturated heterocycles. The zero-order valence-electron chi connectivity index (χ0n) is 14.8. The van der Waals surface area contributed by atoms with Crippen molar-refractivity contribution in [3.8, 4) is 5.75 Å². The molecule has 0 unspecified atom stereocenters. The lowest BCUT2D eigenvalue weighted by molar-refractivity contribution is -0.00466. The number of aliphatic hydroxyl groups excluding tert-OH is 1. The maximum absolute atomic E-state index is 9.93. The summed E-state index contributed by atoms with van der Waals surface area (Å²) in [4.78, 5) is 5.52. The highest BCUT2D eigenvalue weighted by Gasteiger charge is 2.21. The second kappa shape index (κ2) is 9.04. The molecule has 0 aliphatic heterocycles. The number of rotatable bonds is 9. The Labute approximate surface area is 149 Å². The zero-order valence-corrected chi connectivity index (χ0v) is 14.8. The maximum atomic E-state index is 9.93. The molecule has 1 aromatic carbocycles. The Morgan fingerprint density at radius 1 is 1.28 bits per heavy atom. The van der Waals surface area contributed by atoms with Crippen molar-refractivity contribution in [2.45, 2.75) is 44.2 Å². The van der Waals surface area contributed by atoms with E-state index in [0.29, 0.717) is 12.6 Å². The lowest BCUT2D eigenvalue weighted by Crippen LogP contribution is -2.33. The van der Waals surface area contributed by atoms with Crippen LogP contribution in [-0.2, 0) is 4.84 Å². The highest BCUT2D eigenvalue weighted by Crippen LogP contribution is 2.25. The molecular formula is C20H28N2O3. The van der Waals surface area contributed by atoms with Gasteiger partial charge in [0.2, 0.25) is 0 Å². The zero-order chi connectivity index (χ0) is 17.5. The minimum atomic E-state index is -0.494. The first-order chi connectivity index (χ1) is 12.2. The first-order valence-electron chi connectivity index (χ1n) is 9.09. The summed E-state index contributed by atoms with van der Waals surface area (Å²) >= 11 is 0. The van der Waals surface area contributed by atoms with Crippen LogP contribution in [0.3, 0.4) is 0 Å². The molecular weight excluding hydrogens is 316 g/mol. The van der Waals surface area contributed by atoms with Gasteiger partial charge in [0.15, 0.2) is 0 Å². The number of benzene rings is 1. The first kappa shape index (κ1) is 18.0. The normalized spacial score (nSPS) is 20.2. The van der Waals surface area contributed by atoms with E-state index < -0.39 is 6.10 Å². The van der Waals surface area contributed by atoms with Crippen LogP contribution >= 0.6 is 0 Å². The predicted molar refractivity (Wildman–Crippen MR) is 99.0 cm³/mol. The fourth-order valence-electron chi connectivity index (χ4n) is 2.83. The average molecular weight is 344 g/mol. The van der Waals surface area contributed by atoms with E-state index in [1.54, 1.807) is 7.11 Å². The van der Waals surface area contributed by atoms with Gasteiger partial charge in [-0.25, -0.2) is 0 Å². The molecule has 2 aliphatic rings. The summed E-state index contributed by atoms with van der Waals surface area (Å²) in [5, 5.41) is 13.2. The number of methoxy groups -OCH3 is 1. The fourth-order valence-corrected chi connectivity index (χ4v) is 2.83. The minimum Gasteiger partial charge on any atom is -0.497 e. The van der Waals surface area contributed by atoms with Crippen molar-refractivity contribution in [1.82, 2.24) is 10.8 Å². The topological polar surface area (TPSA) is 62.8 Å². The SMILES string of the molecule is COc1ccc(C=C2CCCC=C2NOC[C@@H](O)CNC2CC2)cc1. The van der Waals surface area contributed by atoms with Crippen LogP contribution in [0.1, 0.15) is 37.7 Å². The molecule has 1 saturated carbocycles. The van der Waals surface area contributed by atoms with E-state index in [9.17, 15) is 5.11 Å². The van der Waals surface area contributed by atoms with Gasteiger partial charge < -0.3 is 15.2 Å². The molecule has 136 valence electrons. The van der Waals surface area contributed by atoms with Gasteiger partial charge >= 0.3 is 0 Å². The van der Waals surface area contributed by atoms with Crippen LogP contribution in [0.5, 0.6) is 5.75 Å². The summed E-state index contributed by atoms with van der Waals surface area (Å²) in [5.74, 6) is 0.858. The van der Waals surface area contributed by atoms with Crippen LogP contribution in [0, 0.1) is 0 Å². The van der Waals surface area contributed by atoms with Crippen LogP contribution in [0.15, 0.2) is 41.6 Å². The Balaban J connectivity index is 1.51. The molecule has 0 spiro atoms. The number of aliphatic hydroxyl groups is 1. The van der Waals surface area contributed by atoms with Gasteiger partial charge in [0, 0.05) is 12.6 Å². The van der Waals surface area contributed by atoms with Crippen LogP contribution < -0.4 is 15.5 Å².